The van der Waals surface area contributed by atoms with E-state index in [2.05, 4.69) is 17.4 Å². The van der Waals surface area contributed by atoms with Crippen molar-refractivity contribution in [3.63, 3.8) is 0 Å². The van der Waals surface area contributed by atoms with Gasteiger partial charge < -0.3 is 19.5 Å². The Bertz CT molecular complexity index is 1100. The number of benzene rings is 3. The summed E-state index contributed by atoms with van der Waals surface area (Å²) in [6.45, 7) is 2.25. The van der Waals surface area contributed by atoms with Gasteiger partial charge in [0.15, 0.2) is 0 Å². The van der Waals surface area contributed by atoms with Crippen molar-refractivity contribution >= 4 is 0 Å². The molecule has 0 amide bonds. The minimum atomic E-state index is -4.50. The molecule has 4 rings (SSSR count). The van der Waals surface area contributed by atoms with E-state index < -0.39 is 11.7 Å². The van der Waals surface area contributed by atoms with Crippen molar-refractivity contribution in [2.45, 2.75) is 31.0 Å². The predicted molar refractivity (Wildman–Crippen MR) is 130 cm³/mol. The lowest BCUT2D eigenvalue weighted by Crippen LogP contribution is -2.43. The summed E-state index contributed by atoms with van der Waals surface area (Å²) in [5.41, 5.74) is 1.59. The lowest BCUT2D eigenvalue weighted by atomic mass is 9.74. The fraction of sp³-hybridized carbons (Fsp3) is 0.357. The average Bonchev–Trinajstić information content (AvgIpc) is 2.88. The van der Waals surface area contributed by atoms with Crippen LogP contribution in [-0.2, 0) is 22.9 Å². The van der Waals surface area contributed by atoms with Crippen LogP contribution in [-0.4, -0.2) is 33.9 Å². The molecule has 0 saturated carbocycles. The van der Waals surface area contributed by atoms with Crippen molar-refractivity contribution in [1.29, 1.82) is 0 Å². The van der Waals surface area contributed by atoms with E-state index in [-0.39, 0.29) is 12.0 Å². The Kier molecular flexibility index (Phi) is 7.67. The first-order valence-corrected chi connectivity index (χ1v) is 11.6. The van der Waals surface area contributed by atoms with Gasteiger partial charge in [-0.2, -0.15) is 13.2 Å². The molecule has 3 aromatic rings. The molecule has 4 nitrogen and oxygen atoms in total. The maximum atomic E-state index is 13.8. The third-order valence-electron chi connectivity index (χ3n) is 6.63. The number of alkyl halides is 3. The highest BCUT2D eigenvalue weighted by Crippen LogP contribution is 2.41. The van der Waals surface area contributed by atoms with Crippen LogP contribution in [0.3, 0.4) is 0 Å². The standard InChI is InChI=1S/C28H30F3NO3/c1-33-24-9-6-10-25(34-2)26(24)21-15-20(16-23(17-21)28(29,30)31)18-35-19-27(11-13-32-14-12-27)22-7-4-3-5-8-22/h3-10,15-17,32H,11-14,18-19H2,1-2H3. The minimum Gasteiger partial charge on any atom is -0.496 e. The highest BCUT2D eigenvalue weighted by atomic mass is 19.4. The van der Waals surface area contributed by atoms with Gasteiger partial charge in [-0.05, 0) is 73.0 Å². The van der Waals surface area contributed by atoms with Crippen LogP contribution < -0.4 is 14.8 Å². The molecule has 1 N–H and O–H groups in total. The molecule has 0 radical (unpaired) electrons. The van der Waals surface area contributed by atoms with Gasteiger partial charge in [0.05, 0.1) is 38.6 Å². The lowest BCUT2D eigenvalue weighted by Gasteiger charge is -2.38. The van der Waals surface area contributed by atoms with Gasteiger partial charge in [0, 0.05) is 5.41 Å². The van der Waals surface area contributed by atoms with E-state index in [1.54, 1.807) is 24.3 Å². The zero-order valence-corrected chi connectivity index (χ0v) is 20.0. The van der Waals surface area contributed by atoms with E-state index >= 15 is 0 Å². The molecule has 0 atom stereocenters. The third-order valence-corrected chi connectivity index (χ3v) is 6.63. The van der Waals surface area contributed by atoms with Gasteiger partial charge in [-0.25, -0.2) is 0 Å². The highest BCUT2D eigenvalue weighted by Gasteiger charge is 2.35. The van der Waals surface area contributed by atoms with E-state index in [1.807, 2.05) is 18.2 Å². The number of nitrogens with one attached hydrogen (secondary N) is 1. The van der Waals surface area contributed by atoms with Crippen molar-refractivity contribution in [3.05, 3.63) is 83.4 Å². The van der Waals surface area contributed by atoms with E-state index in [4.69, 9.17) is 14.2 Å². The summed E-state index contributed by atoms with van der Waals surface area (Å²) in [5.74, 6) is 0.876. The van der Waals surface area contributed by atoms with Crippen LogP contribution in [0, 0.1) is 0 Å². The molecule has 3 aromatic carbocycles. The molecule has 7 heteroatoms. The summed E-state index contributed by atoms with van der Waals surface area (Å²) in [4.78, 5) is 0. The molecule has 1 fully saturated rings. The molecule has 1 heterocycles. The third kappa shape index (κ3) is 5.63. The summed E-state index contributed by atoms with van der Waals surface area (Å²) in [6, 6.07) is 19.4. The van der Waals surface area contributed by atoms with E-state index in [0.717, 1.165) is 38.1 Å². The van der Waals surface area contributed by atoms with Crippen LogP contribution in [0.4, 0.5) is 13.2 Å². The molecule has 0 aliphatic carbocycles. The molecular formula is C28H30F3NO3. The Morgan fingerprint density at radius 3 is 2.11 bits per heavy atom. The van der Waals surface area contributed by atoms with Gasteiger partial charge in [0.2, 0.25) is 0 Å². The number of piperidine rings is 1. The van der Waals surface area contributed by atoms with Crippen LogP contribution in [0.2, 0.25) is 0 Å². The van der Waals surface area contributed by atoms with Gasteiger partial charge in [-0.3, -0.25) is 0 Å². The average molecular weight is 486 g/mol. The topological polar surface area (TPSA) is 39.7 Å². The van der Waals surface area contributed by atoms with Crippen LogP contribution in [0.25, 0.3) is 11.1 Å². The first-order valence-electron chi connectivity index (χ1n) is 11.6. The van der Waals surface area contributed by atoms with Crippen molar-refractivity contribution in [1.82, 2.24) is 5.32 Å². The van der Waals surface area contributed by atoms with Gasteiger partial charge >= 0.3 is 6.18 Å². The lowest BCUT2D eigenvalue weighted by molar-refractivity contribution is -0.137. The van der Waals surface area contributed by atoms with Crippen LogP contribution in [0.15, 0.2) is 66.7 Å². The molecule has 186 valence electrons. The van der Waals surface area contributed by atoms with Gasteiger partial charge in [-0.1, -0.05) is 36.4 Å². The summed E-state index contributed by atoms with van der Waals surface area (Å²) < 4.78 is 58.4. The quantitative estimate of drug-likeness (QED) is 0.411. The Balaban J connectivity index is 1.64. The van der Waals surface area contributed by atoms with E-state index in [0.29, 0.717) is 34.8 Å². The van der Waals surface area contributed by atoms with E-state index in [9.17, 15) is 13.2 Å². The normalized spacial score (nSPS) is 15.6. The van der Waals surface area contributed by atoms with Crippen LogP contribution in [0.5, 0.6) is 11.5 Å². The van der Waals surface area contributed by atoms with Crippen LogP contribution >= 0.6 is 0 Å². The molecular weight excluding hydrogens is 455 g/mol. The molecule has 0 unspecified atom stereocenters. The van der Waals surface area contributed by atoms with Gasteiger partial charge in [0.1, 0.15) is 11.5 Å². The summed E-state index contributed by atoms with van der Waals surface area (Å²) >= 11 is 0. The first kappa shape index (κ1) is 25.1. The molecule has 35 heavy (non-hydrogen) atoms. The smallest absolute Gasteiger partial charge is 0.416 e. The Morgan fingerprint density at radius 1 is 0.857 bits per heavy atom. The number of methoxy groups -OCH3 is 2. The number of hydrogen-bond donors (Lipinski definition) is 1. The number of halogens is 3. The fourth-order valence-electron chi connectivity index (χ4n) is 4.80. The SMILES string of the molecule is COc1cccc(OC)c1-c1cc(COCC2(c3ccccc3)CCNCC2)cc(C(F)(F)F)c1. The van der Waals surface area contributed by atoms with Crippen molar-refractivity contribution in [2.24, 2.45) is 0 Å². The molecule has 0 bridgehead atoms. The van der Waals surface area contributed by atoms with Crippen molar-refractivity contribution < 1.29 is 27.4 Å². The molecule has 1 aliphatic rings. The maximum absolute atomic E-state index is 13.8. The van der Waals surface area contributed by atoms with Crippen molar-refractivity contribution in [2.75, 3.05) is 33.9 Å². The minimum absolute atomic E-state index is 0.0659. The largest absolute Gasteiger partial charge is 0.496 e. The van der Waals surface area contributed by atoms with E-state index in [1.165, 1.54) is 19.8 Å². The molecule has 0 aromatic heterocycles. The zero-order chi connectivity index (χ0) is 24.9. The monoisotopic (exact) mass is 485 g/mol. The second kappa shape index (κ2) is 10.7. The van der Waals surface area contributed by atoms with Crippen molar-refractivity contribution in [3.8, 4) is 22.6 Å². The Labute approximate surface area is 204 Å². The fourth-order valence-corrected chi connectivity index (χ4v) is 4.80. The van der Waals surface area contributed by atoms with Gasteiger partial charge in [-0.15, -0.1) is 0 Å². The maximum Gasteiger partial charge on any atom is 0.416 e. The zero-order valence-electron chi connectivity index (χ0n) is 20.0. The molecule has 1 saturated heterocycles. The number of rotatable bonds is 8. The Hall–Kier alpha value is -3.03. The second-order valence-electron chi connectivity index (χ2n) is 8.84. The first-order chi connectivity index (χ1) is 16.9. The highest BCUT2D eigenvalue weighted by molar-refractivity contribution is 5.78. The summed E-state index contributed by atoms with van der Waals surface area (Å²) in [6.07, 6.45) is -2.69. The number of ether oxygens (including phenoxy) is 3. The molecule has 0 spiro atoms. The second-order valence-corrected chi connectivity index (χ2v) is 8.84. The summed E-state index contributed by atoms with van der Waals surface area (Å²) in [5, 5.41) is 3.38. The summed E-state index contributed by atoms with van der Waals surface area (Å²) in [7, 11) is 2.97. The van der Waals surface area contributed by atoms with Gasteiger partial charge in [0.25, 0.3) is 0 Å². The predicted octanol–water partition coefficient (Wildman–Crippen LogP) is 6.23. The van der Waals surface area contributed by atoms with Crippen LogP contribution in [0.1, 0.15) is 29.5 Å². The number of hydrogen-bond acceptors (Lipinski definition) is 4. The Morgan fingerprint density at radius 2 is 1.51 bits per heavy atom. The molecule has 1 aliphatic heterocycles.